The number of aromatic nitrogens is 1. The number of hydrogen-bond acceptors (Lipinski definition) is 5. The molecule has 1 aromatic carbocycles. The molecule has 3 aromatic rings. The van der Waals surface area contributed by atoms with Gasteiger partial charge in [0.1, 0.15) is 10.0 Å². The number of anilines is 1. The number of amides is 1. The molecule has 0 fully saturated rings. The lowest BCUT2D eigenvalue weighted by molar-refractivity contribution is 0.103. The molecule has 0 aliphatic rings. The van der Waals surface area contributed by atoms with Crippen LogP contribution in [0, 0.1) is 6.92 Å². The Kier molecular flexibility index (Phi) is 4.46. The first kappa shape index (κ1) is 16.4. The van der Waals surface area contributed by atoms with Gasteiger partial charge in [0.05, 0.1) is 9.77 Å². The number of sulfone groups is 1. The fourth-order valence-corrected chi connectivity index (χ4v) is 4.71. The summed E-state index contributed by atoms with van der Waals surface area (Å²) in [4.78, 5) is 16.8. The van der Waals surface area contributed by atoms with Crippen molar-refractivity contribution in [2.75, 3.05) is 5.32 Å². The van der Waals surface area contributed by atoms with Gasteiger partial charge in [0.25, 0.3) is 5.91 Å². The quantitative estimate of drug-likeness (QED) is 0.774. The average molecular weight is 358 g/mol. The zero-order valence-electron chi connectivity index (χ0n) is 12.8. The van der Waals surface area contributed by atoms with Crippen LogP contribution in [0.3, 0.4) is 0 Å². The largest absolute Gasteiger partial charge is 0.306 e. The van der Waals surface area contributed by atoms with Gasteiger partial charge in [-0.15, -0.1) is 11.3 Å². The van der Waals surface area contributed by atoms with Crippen LogP contribution in [0.4, 0.5) is 5.82 Å². The van der Waals surface area contributed by atoms with E-state index in [4.69, 9.17) is 0 Å². The van der Waals surface area contributed by atoms with Gasteiger partial charge in [0.15, 0.2) is 0 Å². The van der Waals surface area contributed by atoms with E-state index in [1.165, 1.54) is 24.3 Å². The van der Waals surface area contributed by atoms with Crippen LogP contribution >= 0.6 is 11.3 Å². The van der Waals surface area contributed by atoms with E-state index in [-0.39, 0.29) is 15.0 Å². The predicted octanol–water partition coefficient (Wildman–Crippen LogP) is 3.54. The van der Waals surface area contributed by atoms with Gasteiger partial charge in [-0.25, -0.2) is 13.4 Å². The Morgan fingerprint density at radius 1 is 1.08 bits per heavy atom. The molecule has 24 heavy (non-hydrogen) atoms. The van der Waals surface area contributed by atoms with Crippen LogP contribution in [-0.4, -0.2) is 19.3 Å². The van der Waals surface area contributed by atoms with Gasteiger partial charge in [0, 0.05) is 6.20 Å². The maximum atomic E-state index is 12.5. The van der Waals surface area contributed by atoms with Crippen molar-refractivity contribution in [1.82, 2.24) is 4.98 Å². The van der Waals surface area contributed by atoms with E-state index in [1.807, 2.05) is 13.0 Å². The summed E-state index contributed by atoms with van der Waals surface area (Å²) in [6.07, 6.45) is 1.60. The van der Waals surface area contributed by atoms with Gasteiger partial charge >= 0.3 is 0 Å². The topological polar surface area (TPSA) is 76.1 Å². The molecule has 0 saturated heterocycles. The highest BCUT2D eigenvalue weighted by Gasteiger charge is 2.21. The lowest BCUT2D eigenvalue weighted by atomic mass is 10.3. The SMILES string of the molecule is Cc1ccnc(NC(=O)c2ccc(S(=O)(=O)c3ccccc3)s2)c1. The fourth-order valence-electron chi connectivity index (χ4n) is 2.08. The third-order valence-corrected chi connectivity index (χ3v) is 6.63. The van der Waals surface area contributed by atoms with Gasteiger partial charge in [-0.2, -0.15) is 0 Å². The Labute approximate surface area is 143 Å². The van der Waals surface area contributed by atoms with E-state index in [2.05, 4.69) is 10.3 Å². The third-order valence-electron chi connectivity index (χ3n) is 3.28. The lowest BCUT2D eigenvalue weighted by Crippen LogP contribution is -2.11. The molecule has 1 amide bonds. The van der Waals surface area contributed by atoms with Crippen molar-refractivity contribution < 1.29 is 13.2 Å². The molecule has 2 heterocycles. The van der Waals surface area contributed by atoms with Crippen molar-refractivity contribution in [2.45, 2.75) is 16.0 Å². The minimum absolute atomic E-state index is 0.135. The standard InChI is InChI=1S/C17H14N2O3S2/c1-12-9-10-18-15(11-12)19-17(20)14-7-8-16(23-14)24(21,22)13-5-3-2-4-6-13/h2-11H,1H3,(H,18,19,20). The summed E-state index contributed by atoms with van der Waals surface area (Å²) in [7, 11) is -3.61. The normalized spacial score (nSPS) is 11.2. The zero-order valence-corrected chi connectivity index (χ0v) is 14.4. The molecule has 0 saturated carbocycles. The Bertz CT molecular complexity index is 980. The summed E-state index contributed by atoms with van der Waals surface area (Å²) < 4.78 is 25.2. The monoisotopic (exact) mass is 358 g/mol. The van der Waals surface area contributed by atoms with Gasteiger partial charge in [-0.3, -0.25) is 4.79 Å². The molecule has 0 atom stereocenters. The van der Waals surface area contributed by atoms with Crippen LogP contribution in [0.2, 0.25) is 0 Å². The molecule has 0 radical (unpaired) electrons. The second kappa shape index (κ2) is 6.54. The van der Waals surface area contributed by atoms with Gasteiger partial charge < -0.3 is 5.32 Å². The van der Waals surface area contributed by atoms with Gasteiger partial charge in [-0.1, -0.05) is 18.2 Å². The average Bonchev–Trinajstić information content (AvgIpc) is 3.07. The number of rotatable bonds is 4. The van der Waals surface area contributed by atoms with Gasteiger partial charge in [-0.05, 0) is 48.9 Å². The number of thiophene rings is 1. The fraction of sp³-hybridized carbons (Fsp3) is 0.0588. The van der Waals surface area contributed by atoms with Crippen LogP contribution in [0.25, 0.3) is 0 Å². The number of carbonyl (C=O) groups is 1. The number of hydrogen-bond donors (Lipinski definition) is 1. The lowest BCUT2D eigenvalue weighted by Gasteiger charge is -2.03. The first-order valence-electron chi connectivity index (χ1n) is 7.11. The molecular formula is C17H14N2O3S2. The summed E-state index contributed by atoms with van der Waals surface area (Å²) in [6, 6.07) is 14.7. The predicted molar refractivity (Wildman–Crippen MR) is 93.1 cm³/mol. The van der Waals surface area contributed by atoms with Gasteiger partial charge in [0.2, 0.25) is 9.84 Å². The van der Waals surface area contributed by atoms with E-state index in [9.17, 15) is 13.2 Å². The molecule has 2 aromatic heterocycles. The van der Waals surface area contributed by atoms with Crippen molar-refractivity contribution in [3.63, 3.8) is 0 Å². The van der Waals surface area contributed by atoms with E-state index in [1.54, 1.807) is 30.5 Å². The Morgan fingerprint density at radius 2 is 1.83 bits per heavy atom. The van der Waals surface area contributed by atoms with Crippen molar-refractivity contribution in [1.29, 1.82) is 0 Å². The highest BCUT2D eigenvalue weighted by molar-refractivity contribution is 7.93. The first-order chi connectivity index (χ1) is 11.5. The zero-order chi connectivity index (χ0) is 17.2. The second-order valence-electron chi connectivity index (χ2n) is 5.11. The molecule has 122 valence electrons. The van der Waals surface area contributed by atoms with Crippen LogP contribution in [0.5, 0.6) is 0 Å². The Hall–Kier alpha value is -2.51. The first-order valence-corrected chi connectivity index (χ1v) is 9.41. The molecule has 0 bridgehead atoms. The maximum Gasteiger partial charge on any atom is 0.266 e. The summed E-state index contributed by atoms with van der Waals surface area (Å²) >= 11 is 0.938. The second-order valence-corrected chi connectivity index (χ2v) is 8.37. The smallest absolute Gasteiger partial charge is 0.266 e. The minimum Gasteiger partial charge on any atom is -0.306 e. The van der Waals surface area contributed by atoms with E-state index in [0.717, 1.165) is 16.9 Å². The maximum absolute atomic E-state index is 12.5. The number of aryl methyl sites for hydroxylation is 1. The highest BCUT2D eigenvalue weighted by atomic mass is 32.2. The molecule has 7 heteroatoms. The summed E-state index contributed by atoms with van der Waals surface area (Å²) in [5.41, 5.74) is 0.971. The van der Waals surface area contributed by atoms with Crippen molar-refractivity contribution in [3.05, 3.63) is 71.2 Å². The van der Waals surface area contributed by atoms with Crippen LogP contribution in [0.1, 0.15) is 15.2 Å². The molecule has 0 unspecified atom stereocenters. The van der Waals surface area contributed by atoms with Crippen LogP contribution in [-0.2, 0) is 9.84 Å². The number of nitrogens with zero attached hydrogens (tertiary/aromatic N) is 1. The van der Waals surface area contributed by atoms with E-state index in [0.29, 0.717) is 10.7 Å². The van der Waals surface area contributed by atoms with Crippen LogP contribution < -0.4 is 5.32 Å². The number of carbonyl (C=O) groups excluding carboxylic acids is 1. The third kappa shape index (κ3) is 3.37. The summed E-state index contributed by atoms with van der Waals surface area (Å²) in [6.45, 7) is 1.90. The van der Waals surface area contributed by atoms with E-state index < -0.39 is 9.84 Å². The molecular weight excluding hydrogens is 344 g/mol. The highest BCUT2D eigenvalue weighted by Crippen LogP contribution is 2.28. The van der Waals surface area contributed by atoms with Crippen molar-refractivity contribution in [3.8, 4) is 0 Å². The molecule has 0 aliphatic heterocycles. The van der Waals surface area contributed by atoms with E-state index >= 15 is 0 Å². The van der Waals surface area contributed by atoms with Crippen molar-refractivity contribution >= 4 is 32.9 Å². The number of benzene rings is 1. The summed E-state index contributed by atoms with van der Waals surface area (Å²) in [5, 5.41) is 2.67. The van der Waals surface area contributed by atoms with Crippen LogP contribution in [0.15, 0.2) is 69.9 Å². The number of pyridine rings is 1. The Balaban J connectivity index is 1.84. The molecule has 0 aliphatic carbocycles. The molecule has 3 rings (SSSR count). The minimum atomic E-state index is -3.61. The summed E-state index contributed by atoms with van der Waals surface area (Å²) in [5.74, 6) is 0.0495. The number of nitrogens with one attached hydrogen (secondary N) is 1. The Morgan fingerprint density at radius 3 is 2.54 bits per heavy atom. The van der Waals surface area contributed by atoms with Crippen molar-refractivity contribution in [2.24, 2.45) is 0 Å². The molecule has 1 N–H and O–H groups in total. The molecule has 5 nitrogen and oxygen atoms in total. The molecule has 0 spiro atoms.